The van der Waals surface area contributed by atoms with Crippen LogP contribution in [0.2, 0.25) is 0 Å². The molecule has 0 unspecified atom stereocenters. The maximum Gasteiger partial charge on any atom is 0.125 e. The van der Waals surface area contributed by atoms with E-state index in [4.69, 9.17) is 10.5 Å². The van der Waals surface area contributed by atoms with Crippen LogP contribution in [0.15, 0.2) is 6.07 Å². The van der Waals surface area contributed by atoms with Gasteiger partial charge in [0.1, 0.15) is 11.5 Å². The van der Waals surface area contributed by atoms with E-state index in [0.717, 1.165) is 22.4 Å². The van der Waals surface area contributed by atoms with Crippen molar-refractivity contribution >= 4 is 0 Å². The number of aryl methyl sites for hydroxylation is 1. The first-order valence-electron chi connectivity index (χ1n) is 4.61. The van der Waals surface area contributed by atoms with Gasteiger partial charge in [0.2, 0.25) is 0 Å². The Morgan fingerprint density at radius 3 is 2.43 bits per heavy atom. The van der Waals surface area contributed by atoms with Crippen molar-refractivity contribution in [1.82, 2.24) is 0 Å². The zero-order valence-corrected chi connectivity index (χ0v) is 9.09. The summed E-state index contributed by atoms with van der Waals surface area (Å²) in [6.07, 6.45) is 0. The lowest BCUT2D eigenvalue weighted by atomic mass is 9.98. The molecule has 0 aromatic heterocycles. The number of phenols is 1. The molecule has 0 aliphatic carbocycles. The van der Waals surface area contributed by atoms with E-state index in [1.807, 2.05) is 20.8 Å². The van der Waals surface area contributed by atoms with Gasteiger partial charge in [-0.2, -0.15) is 0 Å². The molecule has 1 rings (SSSR count). The highest BCUT2D eigenvalue weighted by atomic mass is 16.5. The van der Waals surface area contributed by atoms with Crippen LogP contribution in [0, 0.1) is 13.8 Å². The summed E-state index contributed by atoms with van der Waals surface area (Å²) in [6.45, 7) is 5.65. The Kier molecular flexibility index (Phi) is 3.01. The molecule has 0 spiro atoms. The summed E-state index contributed by atoms with van der Waals surface area (Å²) in [5.41, 5.74) is 8.37. The van der Waals surface area contributed by atoms with Gasteiger partial charge in [0.05, 0.1) is 7.11 Å². The van der Waals surface area contributed by atoms with Crippen molar-refractivity contribution in [3.63, 3.8) is 0 Å². The lowest BCUT2D eigenvalue weighted by Crippen LogP contribution is -2.08. The topological polar surface area (TPSA) is 55.5 Å². The van der Waals surface area contributed by atoms with Crippen LogP contribution < -0.4 is 10.5 Å². The standard InChI is InChI=1S/C11H17NO2/c1-6-5-9(13)10(8(3)12)7(2)11(6)14-4/h5,8,13H,12H2,1-4H3/t8-/m0/s1. The Labute approximate surface area is 84.5 Å². The van der Waals surface area contributed by atoms with Crippen molar-refractivity contribution < 1.29 is 9.84 Å². The van der Waals surface area contributed by atoms with Gasteiger partial charge in [0.25, 0.3) is 0 Å². The minimum absolute atomic E-state index is 0.190. The van der Waals surface area contributed by atoms with E-state index < -0.39 is 0 Å². The number of hydrogen-bond acceptors (Lipinski definition) is 3. The van der Waals surface area contributed by atoms with E-state index in [1.165, 1.54) is 0 Å². The third-order valence-electron chi connectivity index (χ3n) is 2.39. The molecule has 14 heavy (non-hydrogen) atoms. The van der Waals surface area contributed by atoms with Gasteiger partial charge >= 0.3 is 0 Å². The van der Waals surface area contributed by atoms with Gasteiger partial charge in [-0.25, -0.2) is 0 Å². The Morgan fingerprint density at radius 2 is 2.00 bits per heavy atom. The average molecular weight is 195 g/mol. The summed E-state index contributed by atoms with van der Waals surface area (Å²) in [6, 6.07) is 1.49. The molecular formula is C11H17NO2. The molecule has 1 aromatic carbocycles. The fourth-order valence-corrected chi connectivity index (χ4v) is 1.85. The SMILES string of the molecule is COc1c(C)cc(O)c([C@H](C)N)c1C. The van der Waals surface area contributed by atoms with Gasteiger partial charge in [-0.1, -0.05) is 0 Å². The molecule has 0 aliphatic rings. The highest BCUT2D eigenvalue weighted by molar-refractivity contribution is 5.53. The average Bonchev–Trinajstić information content (AvgIpc) is 2.02. The van der Waals surface area contributed by atoms with E-state index in [-0.39, 0.29) is 11.8 Å². The lowest BCUT2D eigenvalue weighted by Gasteiger charge is -2.17. The number of aromatic hydroxyl groups is 1. The number of benzene rings is 1. The summed E-state index contributed by atoms with van der Waals surface area (Å²) < 4.78 is 5.25. The van der Waals surface area contributed by atoms with Crippen molar-refractivity contribution in [2.24, 2.45) is 5.73 Å². The molecule has 3 nitrogen and oxygen atoms in total. The second-order valence-corrected chi connectivity index (χ2v) is 3.57. The van der Waals surface area contributed by atoms with E-state index in [0.29, 0.717) is 0 Å². The van der Waals surface area contributed by atoms with Crippen LogP contribution in [-0.4, -0.2) is 12.2 Å². The second-order valence-electron chi connectivity index (χ2n) is 3.57. The van der Waals surface area contributed by atoms with Gasteiger partial charge in [-0.3, -0.25) is 0 Å². The number of ether oxygens (including phenoxy) is 1. The molecule has 1 aromatic rings. The fraction of sp³-hybridized carbons (Fsp3) is 0.455. The molecule has 0 saturated heterocycles. The second kappa shape index (κ2) is 3.88. The smallest absolute Gasteiger partial charge is 0.125 e. The minimum Gasteiger partial charge on any atom is -0.508 e. The van der Waals surface area contributed by atoms with Crippen LogP contribution in [0.3, 0.4) is 0 Å². The van der Waals surface area contributed by atoms with Gasteiger partial charge < -0.3 is 15.6 Å². The van der Waals surface area contributed by atoms with Crippen LogP contribution in [0.25, 0.3) is 0 Å². The first-order chi connectivity index (χ1) is 6.49. The normalized spacial score (nSPS) is 12.6. The third kappa shape index (κ3) is 1.68. The van der Waals surface area contributed by atoms with Crippen molar-refractivity contribution in [1.29, 1.82) is 0 Å². The molecule has 0 saturated carbocycles. The lowest BCUT2D eigenvalue weighted by molar-refractivity contribution is 0.402. The summed E-state index contributed by atoms with van der Waals surface area (Å²) in [5.74, 6) is 1.05. The van der Waals surface area contributed by atoms with Crippen molar-refractivity contribution in [3.05, 3.63) is 22.8 Å². The number of nitrogens with two attached hydrogens (primary N) is 1. The highest BCUT2D eigenvalue weighted by Gasteiger charge is 2.15. The molecule has 3 N–H and O–H groups in total. The highest BCUT2D eigenvalue weighted by Crippen LogP contribution is 2.35. The van der Waals surface area contributed by atoms with Crippen LogP contribution in [-0.2, 0) is 0 Å². The Morgan fingerprint density at radius 1 is 1.43 bits per heavy atom. The fourth-order valence-electron chi connectivity index (χ4n) is 1.85. The van der Waals surface area contributed by atoms with Gasteiger partial charge in [-0.05, 0) is 38.0 Å². The van der Waals surface area contributed by atoms with Crippen LogP contribution in [0.4, 0.5) is 0 Å². The molecule has 3 heteroatoms. The number of phenolic OH excluding ortho intramolecular Hbond substituents is 1. The predicted molar refractivity (Wildman–Crippen MR) is 56.7 cm³/mol. The largest absolute Gasteiger partial charge is 0.508 e. The zero-order chi connectivity index (χ0) is 10.9. The summed E-state index contributed by atoms with van der Waals surface area (Å²) >= 11 is 0. The maximum atomic E-state index is 9.73. The first-order valence-corrected chi connectivity index (χ1v) is 4.61. The zero-order valence-electron chi connectivity index (χ0n) is 9.09. The Bertz CT molecular complexity index is 346. The van der Waals surface area contributed by atoms with E-state index >= 15 is 0 Å². The Balaban J connectivity index is 3.44. The third-order valence-corrected chi connectivity index (χ3v) is 2.39. The maximum absolute atomic E-state index is 9.73. The van der Waals surface area contributed by atoms with Gasteiger partial charge in [0.15, 0.2) is 0 Å². The molecular weight excluding hydrogens is 178 g/mol. The molecule has 0 aliphatic heterocycles. The molecule has 0 heterocycles. The first kappa shape index (κ1) is 10.9. The predicted octanol–water partition coefficient (Wildman–Crippen LogP) is 2.04. The van der Waals surface area contributed by atoms with E-state index in [2.05, 4.69) is 0 Å². The number of methoxy groups -OCH3 is 1. The van der Waals surface area contributed by atoms with Gasteiger partial charge in [-0.15, -0.1) is 0 Å². The van der Waals surface area contributed by atoms with Crippen molar-refractivity contribution in [2.75, 3.05) is 7.11 Å². The van der Waals surface area contributed by atoms with Crippen LogP contribution in [0.1, 0.15) is 29.7 Å². The van der Waals surface area contributed by atoms with Crippen molar-refractivity contribution in [3.8, 4) is 11.5 Å². The van der Waals surface area contributed by atoms with Crippen molar-refractivity contribution in [2.45, 2.75) is 26.8 Å². The van der Waals surface area contributed by atoms with Crippen LogP contribution >= 0.6 is 0 Å². The molecule has 0 radical (unpaired) electrons. The monoisotopic (exact) mass is 195 g/mol. The molecule has 0 fully saturated rings. The van der Waals surface area contributed by atoms with E-state index in [1.54, 1.807) is 13.2 Å². The van der Waals surface area contributed by atoms with Gasteiger partial charge in [0, 0.05) is 11.6 Å². The van der Waals surface area contributed by atoms with E-state index in [9.17, 15) is 5.11 Å². The summed E-state index contributed by atoms with van der Waals surface area (Å²) in [5, 5.41) is 9.73. The molecule has 1 atom stereocenters. The molecule has 0 bridgehead atoms. The van der Waals surface area contributed by atoms with Crippen LogP contribution in [0.5, 0.6) is 11.5 Å². The minimum atomic E-state index is -0.190. The summed E-state index contributed by atoms with van der Waals surface area (Å²) in [7, 11) is 1.62. The number of hydrogen-bond donors (Lipinski definition) is 2. The quantitative estimate of drug-likeness (QED) is 0.759. The summed E-state index contributed by atoms with van der Waals surface area (Å²) in [4.78, 5) is 0. The molecule has 0 amide bonds. The number of rotatable bonds is 2. The molecule has 78 valence electrons. The Hall–Kier alpha value is -1.22.